The van der Waals surface area contributed by atoms with Gasteiger partial charge in [-0.3, -0.25) is 14.5 Å². The van der Waals surface area contributed by atoms with Crippen molar-refractivity contribution < 1.29 is 14.4 Å². The van der Waals surface area contributed by atoms with Gasteiger partial charge in [-0.15, -0.1) is 0 Å². The molecule has 0 unspecified atom stereocenters. The van der Waals surface area contributed by atoms with Crippen molar-refractivity contribution in [3.8, 4) is 0 Å². The molecular formula is C20H21N3O3. The van der Waals surface area contributed by atoms with E-state index in [2.05, 4.69) is 10.6 Å². The number of urea groups is 1. The van der Waals surface area contributed by atoms with Crippen molar-refractivity contribution in [1.29, 1.82) is 0 Å². The fraction of sp³-hybridized carbons (Fsp3) is 0.250. The van der Waals surface area contributed by atoms with Gasteiger partial charge in [0.05, 0.1) is 0 Å². The SMILES string of the molecule is Cc1ccc(CNC(=O)CN2C(=O)N[C@@H](Cc3ccccc3)C2=O)cc1. The third kappa shape index (κ3) is 4.27. The lowest BCUT2D eigenvalue weighted by Gasteiger charge is -2.13. The maximum atomic E-state index is 12.4. The summed E-state index contributed by atoms with van der Waals surface area (Å²) >= 11 is 0. The number of rotatable bonds is 6. The molecule has 4 amide bonds. The molecule has 2 aromatic carbocycles. The van der Waals surface area contributed by atoms with Gasteiger partial charge in [0.15, 0.2) is 0 Å². The lowest BCUT2D eigenvalue weighted by molar-refractivity contribution is -0.132. The number of carbonyl (C=O) groups excluding carboxylic acids is 3. The van der Waals surface area contributed by atoms with Gasteiger partial charge in [-0.2, -0.15) is 0 Å². The Morgan fingerprint density at radius 1 is 1.04 bits per heavy atom. The van der Waals surface area contributed by atoms with Crippen LogP contribution in [0.15, 0.2) is 54.6 Å². The summed E-state index contributed by atoms with van der Waals surface area (Å²) in [6.45, 7) is 2.07. The Hall–Kier alpha value is -3.15. The van der Waals surface area contributed by atoms with Gasteiger partial charge in [0.2, 0.25) is 5.91 Å². The van der Waals surface area contributed by atoms with Gasteiger partial charge in [0, 0.05) is 13.0 Å². The third-order valence-corrected chi connectivity index (χ3v) is 4.30. The predicted octanol–water partition coefficient (Wildman–Crippen LogP) is 1.77. The summed E-state index contributed by atoms with van der Waals surface area (Å²) in [4.78, 5) is 37.6. The zero-order chi connectivity index (χ0) is 18.5. The van der Waals surface area contributed by atoms with Crippen LogP contribution in [0.4, 0.5) is 4.79 Å². The fourth-order valence-corrected chi connectivity index (χ4v) is 2.82. The predicted molar refractivity (Wildman–Crippen MR) is 97.2 cm³/mol. The van der Waals surface area contributed by atoms with E-state index in [9.17, 15) is 14.4 Å². The minimum Gasteiger partial charge on any atom is -0.350 e. The highest BCUT2D eigenvalue weighted by Crippen LogP contribution is 2.12. The van der Waals surface area contributed by atoms with E-state index in [1.54, 1.807) is 0 Å². The zero-order valence-electron chi connectivity index (χ0n) is 14.6. The first-order valence-electron chi connectivity index (χ1n) is 8.51. The molecule has 26 heavy (non-hydrogen) atoms. The van der Waals surface area contributed by atoms with Crippen LogP contribution in [0.2, 0.25) is 0 Å². The number of imide groups is 1. The van der Waals surface area contributed by atoms with Gasteiger partial charge in [-0.25, -0.2) is 4.79 Å². The highest BCUT2D eigenvalue weighted by atomic mass is 16.2. The van der Waals surface area contributed by atoms with Crippen molar-refractivity contribution >= 4 is 17.8 Å². The topological polar surface area (TPSA) is 78.5 Å². The van der Waals surface area contributed by atoms with E-state index < -0.39 is 12.1 Å². The number of hydrogen-bond donors (Lipinski definition) is 2. The molecule has 0 aliphatic carbocycles. The smallest absolute Gasteiger partial charge is 0.325 e. The monoisotopic (exact) mass is 351 g/mol. The number of nitrogens with zero attached hydrogens (tertiary/aromatic N) is 1. The first-order valence-corrected chi connectivity index (χ1v) is 8.51. The highest BCUT2D eigenvalue weighted by Gasteiger charge is 2.38. The van der Waals surface area contributed by atoms with E-state index in [0.717, 1.165) is 21.6 Å². The van der Waals surface area contributed by atoms with Crippen LogP contribution in [0.3, 0.4) is 0 Å². The Kier molecular flexibility index (Phi) is 5.31. The zero-order valence-corrected chi connectivity index (χ0v) is 14.6. The normalized spacial score (nSPS) is 16.5. The maximum Gasteiger partial charge on any atom is 0.325 e. The Bertz CT molecular complexity index is 803. The summed E-state index contributed by atoms with van der Waals surface area (Å²) in [5, 5.41) is 5.38. The van der Waals surface area contributed by atoms with Gasteiger partial charge in [0.1, 0.15) is 12.6 Å². The van der Waals surface area contributed by atoms with Crippen LogP contribution in [-0.4, -0.2) is 35.3 Å². The van der Waals surface area contributed by atoms with Crippen molar-refractivity contribution in [3.63, 3.8) is 0 Å². The summed E-state index contributed by atoms with van der Waals surface area (Å²) in [6.07, 6.45) is 0.410. The summed E-state index contributed by atoms with van der Waals surface area (Å²) in [5.74, 6) is -0.737. The molecule has 0 saturated carbocycles. The molecule has 1 saturated heterocycles. The summed E-state index contributed by atoms with van der Waals surface area (Å²) in [7, 11) is 0. The molecule has 0 bridgehead atoms. The number of aryl methyl sites for hydroxylation is 1. The van der Waals surface area contributed by atoms with Gasteiger partial charge in [-0.05, 0) is 18.1 Å². The van der Waals surface area contributed by atoms with Crippen LogP contribution in [0.1, 0.15) is 16.7 Å². The van der Waals surface area contributed by atoms with E-state index in [0.29, 0.717) is 13.0 Å². The first kappa shape index (κ1) is 17.7. The van der Waals surface area contributed by atoms with Gasteiger partial charge >= 0.3 is 6.03 Å². The minimum atomic E-state index is -0.630. The van der Waals surface area contributed by atoms with Crippen molar-refractivity contribution in [1.82, 2.24) is 15.5 Å². The molecule has 6 nitrogen and oxygen atoms in total. The number of amides is 4. The number of benzene rings is 2. The Labute approximate surface area is 152 Å². The summed E-state index contributed by atoms with van der Waals surface area (Å²) < 4.78 is 0. The molecule has 3 rings (SSSR count). The third-order valence-electron chi connectivity index (χ3n) is 4.30. The average molecular weight is 351 g/mol. The van der Waals surface area contributed by atoms with Crippen LogP contribution in [0.5, 0.6) is 0 Å². The van der Waals surface area contributed by atoms with Crippen molar-refractivity contribution in [3.05, 3.63) is 71.3 Å². The molecule has 1 aliphatic rings. The first-order chi connectivity index (χ1) is 12.5. The fourth-order valence-electron chi connectivity index (χ4n) is 2.82. The molecule has 0 spiro atoms. The lowest BCUT2D eigenvalue weighted by atomic mass is 10.1. The van der Waals surface area contributed by atoms with Gasteiger partial charge in [0.25, 0.3) is 5.91 Å². The van der Waals surface area contributed by atoms with E-state index in [1.165, 1.54) is 0 Å². The van der Waals surface area contributed by atoms with Crippen LogP contribution >= 0.6 is 0 Å². The van der Waals surface area contributed by atoms with E-state index in [-0.39, 0.29) is 18.4 Å². The molecule has 1 fully saturated rings. The average Bonchev–Trinajstić information content (AvgIpc) is 2.89. The van der Waals surface area contributed by atoms with Crippen LogP contribution in [-0.2, 0) is 22.6 Å². The maximum absolute atomic E-state index is 12.4. The molecule has 1 aliphatic heterocycles. The van der Waals surface area contributed by atoms with E-state index >= 15 is 0 Å². The molecule has 0 aromatic heterocycles. The van der Waals surface area contributed by atoms with E-state index in [1.807, 2.05) is 61.5 Å². The van der Waals surface area contributed by atoms with Gasteiger partial charge in [-0.1, -0.05) is 60.2 Å². The minimum absolute atomic E-state index is 0.276. The summed E-state index contributed by atoms with van der Waals surface area (Å²) in [6, 6.07) is 16.1. The molecular weight excluding hydrogens is 330 g/mol. The highest BCUT2D eigenvalue weighted by molar-refractivity contribution is 6.06. The number of hydrogen-bond acceptors (Lipinski definition) is 3. The second kappa shape index (κ2) is 7.82. The largest absolute Gasteiger partial charge is 0.350 e. The van der Waals surface area contributed by atoms with Crippen LogP contribution in [0.25, 0.3) is 0 Å². The number of nitrogens with one attached hydrogen (secondary N) is 2. The molecule has 2 N–H and O–H groups in total. The summed E-state index contributed by atoms with van der Waals surface area (Å²) in [5.41, 5.74) is 3.06. The van der Waals surface area contributed by atoms with Crippen LogP contribution in [0, 0.1) is 6.92 Å². The van der Waals surface area contributed by atoms with Gasteiger partial charge < -0.3 is 10.6 Å². The quantitative estimate of drug-likeness (QED) is 0.779. The molecule has 6 heteroatoms. The second-order valence-corrected chi connectivity index (χ2v) is 6.38. The molecule has 0 radical (unpaired) electrons. The Morgan fingerprint density at radius 3 is 2.42 bits per heavy atom. The van der Waals surface area contributed by atoms with Crippen molar-refractivity contribution in [2.45, 2.75) is 25.9 Å². The molecule has 134 valence electrons. The second-order valence-electron chi connectivity index (χ2n) is 6.38. The molecule has 1 atom stereocenters. The standard InChI is InChI=1S/C20H21N3O3/c1-14-7-9-16(10-8-14)12-21-18(24)13-23-19(25)17(22-20(23)26)11-15-5-3-2-4-6-15/h2-10,17H,11-13H2,1H3,(H,21,24)(H,22,26)/t17-/m0/s1. The molecule has 1 heterocycles. The van der Waals surface area contributed by atoms with E-state index in [4.69, 9.17) is 0 Å². The Balaban J connectivity index is 1.53. The van der Waals surface area contributed by atoms with Crippen molar-refractivity contribution in [2.75, 3.05) is 6.54 Å². The van der Waals surface area contributed by atoms with Crippen molar-refractivity contribution in [2.24, 2.45) is 0 Å². The Morgan fingerprint density at radius 2 is 1.73 bits per heavy atom. The number of carbonyl (C=O) groups is 3. The van der Waals surface area contributed by atoms with Crippen LogP contribution < -0.4 is 10.6 Å². The lowest BCUT2D eigenvalue weighted by Crippen LogP contribution is -2.41. The molecule has 2 aromatic rings.